The summed E-state index contributed by atoms with van der Waals surface area (Å²) in [6.07, 6.45) is 1.62. The van der Waals surface area contributed by atoms with Crippen LogP contribution in [-0.4, -0.2) is 83.5 Å². The number of amidine groups is 1. The number of aliphatic hydroxyl groups is 1. The number of urea groups is 1. The van der Waals surface area contributed by atoms with Crippen molar-refractivity contribution in [3.05, 3.63) is 54.3 Å². The van der Waals surface area contributed by atoms with Gasteiger partial charge in [0.05, 0.1) is 36.5 Å². The topological polar surface area (TPSA) is 147 Å². The summed E-state index contributed by atoms with van der Waals surface area (Å²) in [5.41, 5.74) is 8.39. The monoisotopic (exact) mass is 548 g/mol. The average molecular weight is 549 g/mol. The molecule has 0 radical (unpaired) electrons. The van der Waals surface area contributed by atoms with Crippen LogP contribution >= 0.6 is 0 Å². The van der Waals surface area contributed by atoms with Crippen LogP contribution < -0.4 is 15.8 Å². The number of rotatable bonds is 7. The number of benzene rings is 2. The number of aliphatic imine (C=N–C) groups is 1. The van der Waals surface area contributed by atoms with Crippen LogP contribution in [0.15, 0.2) is 59.3 Å². The Morgan fingerprint density at radius 2 is 1.90 bits per heavy atom. The Kier molecular flexibility index (Phi) is 8.06. The lowest BCUT2D eigenvalue weighted by molar-refractivity contribution is -0.116. The summed E-state index contributed by atoms with van der Waals surface area (Å²) < 4.78 is 17.6. The molecular formula is C29H36N6O5. The molecule has 2 aliphatic heterocycles. The number of amides is 2. The lowest BCUT2D eigenvalue weighted by Crippen LogP contribution is -2.36. The van der Waals surface area contributed by atoms with E-state index in [-0.39, 0.29) is 23.8 Å². The molecule has 11 heteroatoms. The Balaban J connectivity index is 1.16. The fourth-order valence-corrected chi connectivity index (χ4v) is 4.60. The summed E-state index contributed by atoms with van der Waals surface area (Å²) in [4.78, 5) is 26.3. The number of imidazole rings is 1. The lowest BCUT2D eigenvalue weighted by Gasteiger charge is -2.24. The Morgan fingerprint density at radius 3 is 2.58 bits per heavy atom. The second-order valence-corrected chi connectivity index (χ2v) is 11.0. The molecule has 0 aliphatic carbocycles. The zero-order valence-corrected chi connectivity index (χ0v) is 23.0. The van der Waals surface area contributed by atoms with Crippen LogP contribution in [-0.2, 0) is 9.47 Å². The normalized spacial score (nSPS) is 20.5. The molecule has 0 bridgehead atoms. The van der Waals surface area contributed by atoms with Crippen LogP contribution in [0.3, 0.4) is 0 Å². The van der Waals surface area contributed by atoms with E-state index in [2.05, 4.69) is 25.2 Å². The fraction of sp³-hybridized carbons (Fsp3) is 0.414. The minimum absolute atomic E-state index is 0.0424. The van der Waals surface area contributed by atoms with Gasteiger partial charge in [-0.3, -0.25) is 4.90 Å². The molecule has 5 N–H and O–H groups in total. The third kappa shape index (κ3) is 6.79. The molecule has 11 nitrogen and oxygen atoms in total. The molecule has 212 valence electrons. The predicted octanol–water partition coefficient (Wildman–Crippen LogP) is 4.09. The highest BCUT2D eigenvalue weighted by Crippen LogP contribution is 2.26. The number of carbonyl (C=O) groups excluding carboxylic acids is 1. The number of ether oxygens (including phenoxy) is 3. The number of hydrogen-bond acceptors (Lipinski definition) is 7. The van der Waals surface area contributed by atoms with Gasteiger partial charge in [0.15, 0.2) is 0 Å². The summed E-state index contributed by atoms with van der Waals surface area (Å²) in [6, 6.07) is 12.4. The van der Waals surface area contributed by atoms with Gasteiger partial charge in [0.25, 0.3) is 0 Å². The van der Waals surface area contributed by atoms with Crippen LogP contribution in [0, 0.1) is 5.41 Å². The van der Waals surface area contributed by atoms with Gasteiger partial charge in [-0.05, 0) is 36.4 Å². The molecule has 3 heterocycles. The molecule has 0 spiro atoms. The molecule has 5 rings (SSSR count). The number of aromatic amines is 1. The van der Waals surface area contributed by atoms with Crippen molar-refractivity contribution < 1.29 is 24.1 Å². The maximum atomic E-state index is 12.2. The minimum Gasteiger partial charge on any atom is -0.512 e. The number of allylic oxidation sites excluding steroid dienone is 1. The number of aromatic nitrogens is 2. The first-order valence-electron chi connectivity index (χ1n) is 13.4. The van der Waals surface area contributed by atoms with Crippen molar-refractivity contribution in [1.29, 1.82) is 0 Å². The molecule has 2 aromatic carbocycles. The number of hydrogen-bond donors (Lipinski definition) is 4. The van der Waals surface area contributed by atoms with Gasteiger partial charge in [-0.1, -0.05) is 20.8 Å². The van der Waals surface area contributed by atoms with Crippen molar-refractivity contribution in [2.24, 2.45) is 16.1 Å². The second-order valence-electron chi connectivity index (χ2n) is 11.0. The van der Waals surface area contributed by atoms with E-state index in [1.165, 1.54) is 6.08 Å². The van der Waals surface area contributed by atoms with Crippen LogP contribution in [0.1, 0.15) is 20.8 Å². The summed E-state index contributed by atoms with van der Waals surface area (Å²) >= 11 is 0. The van der Waals surface area contributed by atoms with Gasteiger partial charge in [0.1, 0.15) is 29.8 Å². The second kappa shape index (κ2) is 11.7. The van der Waals surface area contributed by atoms with E-state index in [9.17, 15) is 9.90 Å². The summed E-state index contributed by atoms with van der Waals surface area (Å²) in [5, 5.41) is 12.7. The van der Waals surface area contributed by atoms with Crippen molar-refractivity contribution >= 4 is 28.6 Å². The Bertz CT molecular complexity index is 1390. The SMILES string of the molecule is CC(C)(C)/C(O)=C/C(N)=N/C(=O)Nc1ccc(-c2nc3ccc(OCCN4CC5OCCOC5C4)cc3[nH]2)cc1. The number of aliphatic hydroxyl groups excluding tert-OH is 1. The van der Waals surface area contributed by atoms with Crippen molar-refractivity contribution in [3.63, 3.8) is 0 Å². The zero-order valence-electron chi connectivity index (χ0n) is 23.0. The number of fused-ring (bicyclic) bond motifs is 2. The van der Waals surface area contributed by atoms with Crippen molar-refractivity contribution in [2.75, 3.05) is 44.8 Å². The summed E-state index contributed by atoms with van der Waals surface area (Å²) in [7, 11) is 0. The Labute approximate surface area is 233 Å². The van der Waals surface area contributed by atoms with Gasteiger partial charge < -0.3 is 35.4 Å². The van der Waals surface area contributed by atoms with Crippen LogP contribution in [0.4, 0.5) is 10.5 Å². The maximum Gasteiger partial charge on any atom is 0.347 e. The first kappa shape index (κ1) is 27.6. The van der Waals surface area contributed by atoms with E-state index in [1.54, 1.807) is 12.1 Å². The van der Waals surface area contributed by atoms with Gasteiger partial charge in [-0.2, -0.15) is 4.99 Å². The van der Waals surface area contributed by atoms with Gasteiger partial charge in [0.2, 0.25) is 0 Å². The smallest absolute Gasteiger partial charge is 0.347 e. The highest BCUT2D eigenvalue weighted by Gasteiger charge is 2.36. The van der Waals surface area contributed by atoms with Crippen molar-refractivity contribution in [2.45, 2.75) is 33.0 Å². The highest BCUT2D eigenvalue weighted by atomic mass is 16.6. The van der Waals surface area contributed by atoms with Gasteiger partial charge >= 0.3 is 6.03 Å². The average Bonchev–Trinajstić information content (AvgIpc) is 3.52. The number of anilines is 1. The molecule has 2 amide bonds. The molecule has 2 aliphatic rings. The third-order valence-electron chi connectivity index (χ3n) is 6.86. The number of nitrogens with zero attached hydrogens (tertiary/aromatic N) is 3. The third-order valence-corrected chi connectivity index (χ3v) is 6.86. The van der Waals surface area contributed by atoms with Crippen LogP contribution in [0.5, 0.6) is 5.75 Å². The van der Waals surface area contributed by atoms with Crippen LogP contribution in [0.2, 0.25) is 0 Å². The molecule has 2 fully saturated rings. The number of H-pyrrole nitrogens is 1. The minimum atomic E-state index is -0.635. The Hall–Kier alpha value is -3.93. The summed E-state index contributed by atoms with van der Waals surface area (Å²) in [5.74, 6) is 1.44. The van der Waals surface area contributed by atoms with Gasteiger partial charge in [-0.15, -0.1) is 0 Å². The van der Waals surface area contributed by atoms with Crippen LogP contribution in [0.25, 0.3) is 22.4 Å². The van der Waals surface area contributed by atoms with Crippen molar-refractivity contribution in [3.8, 4) is 17.1 Å². The molecule has 1 aromatic heterocycles. The molecule has 40 heavy (non-hydrogen) atoms. The van der Waals surface area contributed by atoms with E-state index >= 15 is 0 Å². The van der Waals surface area contributed by atoms with E-state index in [0.29, 0.717) is 31.3 Å². The number of nitrogens with two attached hydrogens (primary N) is 1. The molecule has 2 saturated heterocycles. The maximum absolute atomic E-state index is 12.2. The van der Waals surface area contributed by atoms with E-state index < -0.39 is 11.4 Å². The molecule has 2 atom stereocenters. The number of likely N-dealkylation sites (tertiary alicyclic amines) is 1. The van der Waals surface area contributed by atoms with Gasteiger partial charge in [0, 0.05) is 48.4 Å². The molecule has 3 aromatic rings. The summed E-state index contributed by atoms with van der Waals surface area (Å²) in [6.45, 7) is 9.96. The first-order valence-corrected chi connectivity index (χ1v) is 13.4. The zero-order chi connectivity index (χ0) is 28.3. The van der Waals surface area contributed by atoms with E-state index in [1.807, 2.05) is 51.1 Å². The number of carbonyl (C=O) groups is 1. The molecular weight excluding hydrogens is 512 g/mol. The van der Waals surface area contributed by atoms with E-state index in [4.69, 9.17) is 19.9 Å². The van der Waals surface area contributed by atoms with Gasteiger partial charge in [-0.25, -0.2) is 9.78 Å². The predicted molar refractivity (Wildman–Crippen MR) is 154 cm³/mol. The standard InChI is InChI=1S/C29H36N6O5/c1-29(2,3)25(36)15-26(30)34-28(37)31-19-6-4-18(5-7-19)27-32-21-9-8-20(14-22(21)33-27)38-11-10-35-16-23-24(17-35)40-13-12-39-23/h4-9,14-15,23-24,36H,10-13,16-17H2,1-3H3,(H,32,33)(H3,30,31,34,37)/b25-15-. The largest absolute Gasteiger partial charge is 0.512 e. The number of nitrogens with one attached hydrogen (secondary N) is 2. The first-order chi connectivity index (χ1) is 19.1. The van der Waals surface area contributed by atoms with E-state index in [0.717, 1.165) is 42.0 Å². The Morgan fingerprint density at radius 1 is 1.20 bits per heavy atom. The molecule has 2 unspecified atom stereocenters. The fourth-order valence-electron chi connectivity index (χ4n) is 4.60. The quantitative estimate of drug-likeness (QED) is 0.196. The lowest BCUT2D eigenvalue weighted by atomic mass is 9.93. The highest BCUT2D eigenvalue weighted by molar-refractivity contribution is 6.03. The van der Waals surface area contributed by atoms with Crippen molar-refractivity contribution in [1.82, 2.24) is 14.9 Å². The molecule has 0 saturated carbocycles.